The number of amides is 1. The van der Waals surface area contributed by atoms with Crippen LogP contribution in [0.5, 0.6) is 11.5 Å². The van der Waals surface area contributed by atoms with E-state index >= 15 is 0 Å². The monoisotopic (exact) mass is 368 g/mol. The maximum Gasteiger partial charge on any atom is 0.416 e. The van der Waals surface area contributed by atoms with Crippen molar-refractivity contribution in [2.45, 2.75) is 20.0 Å². The third-order valence-corrected chi connectivity index (χ3v) is 3.43. The van der Waals surface area contributed by atoms with E-state index in [0.717, 1.165) is 18.2 Å². The molecule has 3 N–H and O–H groups in total. The summed E-state index contributed by atoms with van der Waals surface area (Å²) in [5.74, 6) is 0.378. The van der Waals surface area contributed by atoms with Gasteiger partial charge in [-0.1, -0.05) is 0 Å². The second kappa shape index (κ2) is 7.99. The number of alkyl halides is 3. The van der Waals surface area contributed by atoms with E-state index in [0.29, 0.717) is 24.7 Å². The van der Waals surface area contributed by atoms with Gasteiger partial charge in [0.05, 0.1) is 30.2 Å². The van der Waals surface area contributed by atoms with Gasteiger partial charge >= 0.3 is 6.18 Å². The van der Waals surface area contributed by atoms with Crippen LogP contribution in [0.15, 0.2) is 36.4 Å². The van der Waals surface area contributed by atoms with Gasteiger partial charge in [0.2, 0.25) is 0 Å². The minimum absolute atomic E-state index is 0.0924. The van der Waals surface area contributed by atoms with Gasteiger partial charge in [-0.15, -0.1) is 0 Å². The van der Waals surface area contributed by atoms with Crippen LogP contribution in [0.4, 0.5) is 24.5 Å². The molecule has 5 nitrogen and oxygen atoms in total. The number of halogens is 3. The average molecular weight is 368 g/mol. The molecule has 0 unspecified atom stereocenters. The molecule has 0 radical (unpaired) electrons. The van der Waals surface area contributed by atoms with Gasteiger partial charge in [0.1, 0.15) is 0 Å². The quantitative estimate of drug-likeness (QED) is 0.744. The number of anilines is 2. The van der Waals surface area contributed by atoms with Gasteiger partial charge in [-0.25, -0.2) is 0 Å². The smallest absolute Gasteiger partial charge is 0.416 e. The number of hydrogen-bond donors (Lipinski definition) is 2. The van der Waals surface area contributed by atoms with Crippen molar-refractivity contribution in [1.29, 1.82) is 0 Å². The minimum Gasteiger partial charge on any atom is -0.490 e. The highest BCUT2D eigenvalue weighted by Gasteiger charge is 2.30. The number of carbonyl (C=O) groups excluding carboxylic acids is 1. The van der Waals surface area contributed by atoms with E-state index in [4.69, 9.17) is 15.2 Å². The first-order chi connectivity index (χ1) is 12.3. The van der Waals surface area contributed by atoms with Crippen molar-refractivity contribution in [3.8, 4) is 11.5 Å². The molecule has 0 bridgehead atoms. The molecule has 140 valence electrons. The molecule has 0 heterocycles. The van der Waals surface area contributed by atoms with Gasteiger partial charge in [-0.3, -0.25) is 4.79 Å². The Morgan fingerprint density at radius 3 is 2.27 bits per heavy atom. The predicted molar refractivity (Wildman–Crippen MR) is 92.6 cm³/mol. The summed E-state index contributed by atoms with van der Waals surface area (Å²) in [7, 11) is 0. The fraction of sp³-hybridized carbons (Fsp3) is 0.278. The molecule has 0 fully saturated rings. The van der Waals surface area contributed by atoms with Crippen LogP contribution in [0.3, 0.4) is 0 Å². The summed E-state index contributed by atoms with van der Waals surface area (Å²) >= 11 is 0. The maximum absolute atomic E-state index is 12.7. The zero-order chi connectivity index (χ0) is 19.3. The topological polar surface area (TPSA) is 73.6 Å². The Morgan fingerprint density at radius 1 is 1.04 bits per heavy atom. The molecule has 0 aliphatic rings. The first-order valence-corrected chi connectivity index (χ1v) is 7.94. The first-order valence-electron chi connectivity index (χ1n) is 7.94. The lowest BCUT2D eigenvalue weighted by atomic mass is 10.1. The Kier molecular flexibility index (Phi) is 5.97. The lowest BCUT2D eigenvalue weighted by molar-refractivity contribution is -0.137. The number of benzene rings is 2. The molecule has 0 aromatic heterocycles. The molecule has 0 saturated carbocycles. The molecule has 0 aliphatic carbocycles. The second-order valence-corrected chi connectivity index (χ2v) is 5.28. The third kappa shape index (κ3) is 4.59. The Hall–Kier alpha value is -2.90. The molecule has 0 aliphatic heterocycles. The molecule has 0 atom stereocenters. The van der Waals surface area contributed by atoms with Crippen molar-refractivity contribution in [2.24, 2.45) is 0 Å². The van der Waals surface area contributed by atoms with Crippen LogP contribution < -0.4 is 20.5 Å². The SMILES string of the molecule is CCOc1ccc(C(=O)Nc2ccc(C(F)(F)F)cc2N)cc1OCC. The van der Waals surface area contributed by atoms with Crippen LogP contribution >= 0.6 is 0 Å². The molecular formula is C18H19F3N2O3. The van der Waals surface area contributed by atoms with E-state index in [9.17, 15) is 18.0 Å². The summed E-state index contributed by atoms with van der Waals surface area (Å²) in [5, 5.41) is 2.50. The van der Waals surface area contributed by atoms with Crippen LogP contribution in [-0.4, -0.2) is 19.1 Å². The summed E-state index contributed by atoms with van der Waals surface area (Å²) in [4.78, 5) is 12.4. The summed E-state index contributed by atoms with van der Waals surface area (Å²) in [6, 6.07) is 7.38. The molecule has 26 heavy (non-hydrogen) atoms. The molecule has 2 aromatic rings. The molecule has 0 saturated heterocycles. The molecule has 1 amide bonds. The highest BCUT2D eigenvalue weighted by atomic mass is 19.4. The molecular weight excluding hydrogens is 349 g/mol. The highest BCUT2D eigenvalue weighted by molar-refractivity contribution is 6.06. The fourth-order valence-electron chi connectivity index (χ4n) is 2.24. The Balaban J connectivity index is 2.23. The van der Waals surface area contributed by atoms with Crippen molar-refractivity contribution >= 4 is 17.3 Å². The van der Waals surface area contributed by atoms with E-state index in [1.54, 1.807) is 13.0 Å². The molecule has 0 spiro atoms. The van der Waals surface area contributed by atoms with Crippen molar-refractivity contribution in [2.75, 3.05) is 24.3 Å². The van der Waals surface area contributed by atoms with E-state index in [1.807, 2.05) is 6.92 Å². The standard InChI is InChI=1S/C18H19F3N2O3/c1-3-25-15-8-5-11(9-16(15)26-4-2)17(24)23-14-7-6-12(10-13(14)22)18(19,20)21/h5-10H,3-4,22H2,1-2H3,(H,23,24). The Bertz CT molecular complexity index is 792. The first kappa shape index (κ1) is 19.4. The van der Waals surface area contributed by atoms with Crippen LogP contribution in [0, 0.1) is 0 Å². The maximum atomic E-state index is 12.7. The molecule has 2 rings (SSSR count). The Morgan fingerprint density at radius 2 is 1.69 bits per heavy atom. The largest absolute Gasteiger partial charge is 0.490 e. The number of nitrogen functional groups attached to an aromatic ring is 1. The third-order valence-electron chi connectivity index (χ3n) is 3.43. The van der Waals surface area contributed by atoms with Gasteiger partial charge < -0.3 is 20.5 Å². The van der Waals surface area contributed by atoms with Crippen molar-refractivity contribution < 1.29 is 27.4 Å². The average Bonchev–Trinajstić information content (AvgIpc) is 2.57. The summed E-state index contributed by atoms with van der Waals surface area (Å²) in [6.45, 7) is 4.44. The van der Waals surface area contributed by atoms with Crippen LogP contribution in [-0.2, 0) is 6.18 Å². The number of ether oxygens (including phenoxy) is 2. The molecule has 2 aromatic carbocycles. The lowest BCUT2D eigenvalue weighted by Crippen LogP contribution is -2.14. The molecule has 8 heteroatoms. The van der Waals surface area contributed by atoms with E-state index < -0.39 is 17.6 Å². The second-order valence-electron chi connectivity index (χ2n) is 5.28. The lowest BCUT2D eigenvalue weighted by Gasteiger charge is -2.14. The zero-order valence-electron chi connectivity index (χ0n) is 14.3. The van der Waals surface area contributed by atoms with Crippen LogP contribution in [0.1, 0.15) is 29.8 Å². The summed E-state index contributed by atoms with van der Waals surface area (Å²) in [5.41, 5.74) is 4.92. The zero-order valence-corrected chi connectivity index (χ0v) is 14.3. The number of rotatable bonds is 6. The van der Waals surface area contributed by atoms with Crippen molar-refractivity contribution in [3.05, 3.63) is 47.5 Å². The van der Waals surface area contributed by atoms with Crippen LogP contribution in [0.25, 0.3) is 0 Å². The van der Waals surface area contributed by atoms with Crippen molar-refractivity contribution in [1.82, 2.24) is 0 Å². The van der Waals surface area contributed by atoms with Gasteiger partial charge in [0.25, 0.3) is 5.91 Å². The van der Waals surface area contributed by atoms with Gasteiger partial charge in [0.15, 0.2) is 11.5 Å². The normalized spacial score (nSPS) is 11.1. The van der Waals surface area contributed by atoms with Crippen molar-refractivity contribution in [3.63, 3.8) is 0 Å². The number of nitrogens with two attached hydrogens (primary N) is 1. The van der Waals surface area contributed by atoms with E-state index in [-0.39, 0.29) is 16.9 Å². The fourth-order valence-corrected chi connectivity index (χ4v) is 2.24. The number of hydrogen-bond acceptors (Lipinski definition) is 4. The van der Waals surface area contributed by atoms with E-state index in [2.05, 4.69) is 5.32 Å². The van der Waals surface area contributed by atoms with Gasteiger partial charge in [-0.2, -0.15) is 13.2 Å². The van der Waals surface area contributed by atoms with Gasteiger partial charge in [0, 0.05) is 5.56 Å². The van der Waals surface area contributed by atoms with Crippen LogP contribution in [0.2, 0.25) is 0 Å². The summed E-state index contributed by atoms with van der Waals surface area (Å²) in [6.07, 6.45) is -4.50. The summed E-state index contributed by atoms with van der Waals surface area (Å²) < 4.78 is 48.9. The van der Waals surface area contributed by atoms with E-state index in [1.165, 1.54) is 12.1 Å². The predicted octanol–water partition coefficient (Wildman–Crippen LogP) is 4.34. The van der Waals surface area contributed by atoms with Gasteiger partial charge in [-0.05, 0) is 50.2 Å². The highest BCUT2D eigenvalue weighted by Crippen LogP contribution is 2.33. The minimum atomic E-state index is -4.50. The Labute approximate surface area is 148 Å². The number of nitrogens with one attached hydrogen (secondary N) is 1. The number of carbonyl (C=O) groups is 1.